The number of alkyl halides is 3. The molecule has 1 saturated heterocycles. The number of carbonyl (C=O) groups excluding carboxylic acids is 2. The Morgan fingerprint density at radius 1 is 1.14 bits per heavy atom. The molecule has 0 radical (unpaired) electrons. The average molecular weight is 508 g/mol. The third-order valence-electron chi connectivity index (χ3n) is 7.02. The van der Waals surface area contributed by atoms with E-state index < -0.39 is 18.0 Å². The average Bonchev–Trinajstić information content (AvgIpc) is 3.51. The molecule has 0 aromatic carbocycles. The van der Waals surface area contributed by atoms with E-state index in [4.69, 9.17) is 4.74 Å². The lowest BCUT2D eigenvalue weighted by molar-refractivity contribution is -0.185. The normalized spacial score (nSPS) is 22.6. The second kappa shape index (κ2) is 10.9. The Kier molecular flexibility index (Phi) is 7.85. The van der Waals surface area contributed by atoms with Gasteiger partial charge in [0.05, 0.1) is 18.2 Å². The van der Waals surface area contributed by atoms with Gasteiger partial charge in [0, 0.05) is 30.8 Å². The zero-order valence-corrected chi connectivity index (χ0v) is 20.5. The molecule has 2 amide bonds. The number of rotatable bonds is 7. The van der Waals surface area contributed by atoms with Gasteiger partial charge in [-0.1, -0.05) is 0 Å². The highest BCUT2D eigenvalue weighted by atomic mass is 19.4. The van der Waals surface area contributed by atoms with Crippen molar-refractivity contribution in [1.82, 2.24) is 19.7 Å². The molecule has 0 bridgehead atoms. The summed E-state index contributed by atoms with van der Waals surface area (Å²) in [5.74, 6) is -1.38. The van der Waals surface area contributed by atoms with Gasteiger partial charge < -0.3 is 15.0 Å². The third kappa shape index (κ3) is 5.82. The third-order valence-corrected chi connectivity index (χ3v) is 7.02. The van der Waals surface area contributed by atoms with E-state index >= 15 is 0 Å². The predicted octanol–water partition coefficient (Wildman–Crippen LogP) is 4.85. The van der Waals surface area contributed by atoms with Crippen LogP contribution in [-0.2, 0) is 4.79 Å². The second-order valence-corrected chi connectivity index (χ2v) is 9.79. The molecule has 1 aliphatic heterocycles. The van der Waals surface area contributed by atoms with Crippen LogP contribution in [0.4, 0.5) is 19.0 Å². The standard InChI is InChI=1S/C25H32F3N5O3/c1-16(2)33-21(11-13-30-33)31-23(34)22-20(6-3-12-29-22)36-15-19-5-4-14-32(19)24(35)17-7-9-18(10-8-17)25(26,27)28/h3,6,11-13,16-19H,4-5,7-10,14-15H2,1-2H3,(H,31,34). The van der Waals surface area contributed by atoms with E-state index in [1.807, 2.05) is 13.8 Å². The number of ether oxygens (including phenoxy) is 1. The number of hydrogen-bond acceptors (Lipinski definition) is 5. The van der Waals surface area contributed by atoms with Gasteiger partial charge in [-0.3, -0.25) is 9.59 Å². The monoisotopic (exact) mass is 507 g/mol. The fraction of sp³-hybridized carbons (Fsp3) is 0.600. The molecule has 2 aromatic rings. The van der Waals surface area contributed by atoms with Gasteiger partial charge in [0.1, 0.15) is 12.4 Å². The van der Waals surface area contributed by atoms with Crippen molar-refractivity contribution in [2.24, 2.45) is 11.8 Å². The first-order chi connectivity index (χ1) is 17.1. The summed E-state index contributed by atoms with van der Waals surface area (Å²) in [6, 6.07) is 4.88. The molecule has 11 heteroatoms. The van der Waals surface area contributed by atoms with Crippen molar-refractivity contribution in [3.63, 3.8) is 0 Å². The van der Waals surface area contributed by atoms with Crippen molar-refractivity contribution in [2.45, 2.75) is 70.6 Å². The van der Waals surface area contributed by atoms with Gasteiger partial charge >= 0.3 is 6.18 Å². The Morgan fingerprint density at radius 2 is 1.89 bits per heavy atom. The van der Waals surface area contributed by atoms with E-state index in [9.17, 15) is 22.8 Å². The van der Waals surface area contributed by atoms with Crippen LogP contribution in [0.5, 0.6) is 5.75 Å². The van der Waals surface area contributed by atoms with Crippen LogP contribution in [0.1, 0.15) is 68.9 Å². The van der Waals surface area contributed by atoms with E-state index in [1.165, 1.54) is 6.20 Å². The molecular weight excluding hydrogens is 475 g/mol. The minimum absolute atomic E-state index is 0.00121. The lowest BCUT2D eigenvalue weighted by atomic mass is 9.81. The highest BCUT2D eigenvalue weighted by Crippen LogP contribution is 2.40. The molecule has 1 atom stereocenters. The quantitative estimate of drug-likeness (QED) is 0.579. The number of halogens is 3. The van der Waals surface area contributed by atoms with Crippen molar-refractivity contribution in [3.8, 4) is 5.75 Å². The van der Waals surface area contributed by atoms with Crippen LogP contribution in [0, 0.1) is 11.8 Å². The van der Waals surface area contributed by atoms with Crippen LogP contribution in [0.3, 0.4) is 0 Å². The van der Waals surface area contributed by atoms with Crippen LogP contribution < -0.4 is 10.1 Å². The maximum Gasteiger partial charge on any atom is 0.391 e. The number of pyridine rings is 1. The second-order valence-electron chi connectivity index (χ2n) is 9.79. The molecule has 3 heterocycles. The molecule has 1 aliphatic carbocycles. The van der Waals surface area contributed by atoms with Gasteiger partial charge in [0.25, 0.3) is 5.91 Å². The Balaban J connectivity index is 1.37. The smallest absolute Gasteiger partial charge is 0.391 e. The zero-order chi connectivity index (χ0) is 25.9. The zero-order valence-electron chi connectivity index (χ0n) is 20.5. The largest absolute Gasteiger partial charge is 0.489 e. The van der Waals surface area contributed by atoms with Crippen molar-refractivity contribution >= 4 is 17.6 Å². The highest BCUT2D eigenvalue weighted by Gasteiger charge is 2.44. The Morgan fingerprint density at radius 3 is 2.58 bits per heavy atom. The summed E-state index contributed by atoms with van der Waals surface area (Å²) >= 11 is 0. The number of nitrogens with one attached hydrogen (secondary N) is 1. The minimum Gasteiger partial charge on any atom is -0.489 e. The summed E-state index contributed by atoms with van der Waals surface area (Å²) in [6.07, 6.45) is 0.963. The van der Waals surface area contributed by atoms with Gasteiger partial charge in [-0.15, -0.1) is 0 Å². The maximum atomic E-state index is 13.1. The summed E-state index contributed by atoms with van der Waals surface area (Å²) in [5, 5.41) is 7.03. The first-order valence-electron chi connectivity index (χ1n) is 12.4. The fourth-order valence-corrected chi connectivity index (χ4v) is 5.07. The van der Waals surface area contributed by atoms with E-state index in [0.29, 0.717) is 18.1 Å². The molecule has 2 aromatic heterocycles. The first-order valence-corrected chi connectivity index (χ1v) is 12.4. The lowest BCUT2D eigenvalue weighted by Crippen LogP contribution is -2.44. The Bertz CT molecular complexity index is 1060. The fourth-order valence-electron chi connectivity index (χ4n) is 5.07. The van der Waals surface area contributed by atoms with Gasteiger partial charge in [0.2, 0.25) is 5.91 Å². The van der Waals surface area contributed by atoms with E-state index in [-0.39, 0.29) is 61.9 Å². The van der Waals surface area contributed by atoms with E-state index in [0.717, 1.165) is 12.8 Å². The van der Waals surface area contributed by atoms with E-state index in [1.54, 1.807) is 34.0 Å². The lowest BCUT2D eigenvalue weighted by Gasteiger charge is -2.33. The van der Waals surface area contributed by atoms with Gasteiger partial charge in [0.15, 0.2) is 11.4 Å². The number of amides is 2. The van der Waals surface area contributed by atoms with Gasteiger partial charge in [-0.05, 0) is 64.5 Å². The topological polar surface area (TPSA) is 89.3 Å². The molecule has 1 saturated carbocycles. The molecule has 8 nitrogen and oxygen atoms in total. The molecule has 0 spiro atoms. The van der Waals surface area contributed by atoms with Crippen molar-refractivity contribution in [1.29, 1.82) is 0 Å². The summed E-state index contributed by atoms with van der Waals surface area (Å²) in [4.78, 5) is 32.0. The summed E-state index contributed by atoms with van der Waals surface area (Å²) < 4.78 is 46.6. The van der Waals surface area contributed by atoms with Gasteiger partial charge in [-0.2, -0.15) is 18.3 Å². The van der Waals surface area contributed by atoms with Crippen LogP contribution in [-0.4, -0.2) is 56.8 Å². The number of aromatic nitrogens is 3. The number of hydrogen-bond donors (Lipinski definition) is 1. The number of anilines is 1. The molecule has 36 heavy (non-hydrogen) atoms. The van der Waals surface area contributed by atoms with E-state index in [2.05, 4.69) is 15.4 Å². The minimum atomic E-state index is -4.19. The molecule has 196 valence electrons. The van der Waals surface area contributed by atoms with Crippen LogP contribution in [0.25, 0.3) is 0 Å². The van der Waals surface area contributed by atoms with Crippen molar-refractivity contribution in [2.75, 3.05) is 18.5 Å². The summed E-state index contributed by atoms with van der Waals surface area (Å²) in [7, 11) is 0. The van der Waals surface area contributed by atoms with Crippen molar-refractivity contribution < 1.29 is 27.5 Å². The van der Waals surface area contributed by atoms with Crippen LogP contribution in [0.2, 0.25) is 0 Å². The highest BCUT2D eigenvalue weighted by molar-refractivity contribution is 6.04. The molecule has 1 unspecified atom stereocenters. The van der Waals surface area contributed by atoms with Crippen molar-refractivity contribution in [3.05, 3.63) is 36.3 Å². The molecular formula is C25H32F3N5O3. The predicted molar refractivity (Wildman–Crippen MR) is 127 cm³/mol. The molecule has 2 fully saturated rings. The van der Waals surface area contributed by atoms with Crippen LogP contribution in [0.15, 0.2) is 30.6 Å². The summed E-state index contributed by atoms with van der Waals surface area (Å²) in [5.41, 5.74) is 0.121. The number of carbonyl (C=O) groups is 2. The summed E-state index contributed by atoms with van der Waals surface area (Å²) in [6.45, 7) is 4.65. The molecule has 2 aliphatic rings. The SMILES string of the molecule is CC(C)n1nccc1NC(=O)c1ncccc1OCC1CCCN1C(=O)C1CCC(C(F)(F)F)CC1. The Labute approximate surface area is 208 Å². The Hall–Kier alpha value is -3.11. The molecule has 1 N–H and O–H groups in total. The number of nitrogens with zero attached hydrogens (tertiary/aromatic N) is 4. The van der Waals surface area contributed by atoms with Crippen LogP contribution >= 0.6 is 0 Å². The first kappa shape index (κ1) is 26.0. The maximum absolute atomic E-state index is 13.1. The number of likely N-dealkylation sites (tertiary alicyclic amines) is 1. The van der Waals surface area contributed by atoms with Gasteiger partial charge in [-0.25, -0.2) is 9.67 Å². The molecule has 4 rings (SSSR count).